The summed E-state index contributed by atoms with van der Waals surface area (Å²) in [5.74, 6) is -10.3. The van der Waals surface area contributed by atoms with E-state index in [4.69, 9.17) is 0 Å². The van der Waals surface area contributed by atoms with E-state index in [9.17, 15) is 27.8 Å². The fraction of sp³-hybridized carbons (Fsp3) is 0.529. The fourth-order valence-corrected chi connectivity index (χ4v) is 5.59. The van der Waals surface area contributed by atoms with Gasteiger partial charge in [0.2, 0.25) is 5.67 Å². The van der Waals surface area contributed by atoms with Crippen molar-refractivity contribution in [2.24, 2.45) is 0 Å². The maximum atomic E-state index is 16.0. The monoisotopic (exact) mass is 430 g/mol. The second-order valence-electron chi connectivity index (χ2n) is 6.60. The molecule has 2 N–H and O–H groups in total. The van der Waals surface area contributed by atoms with Gasteiger partial charge in [-0.3, -0.25) is 0 Å². The molecule has 1 aliphatic carbocycles. The molecule has 27 heavy (non-hydrogen) atoms. The van der Waals surface area contributed by atoms with Crippen molar-refractivity contribution < 1.29 is 36.6 Å². The summed E-state index contributed by atoms with van der Waals surface area (Å²) in [5.41, 5.74) is -9.56. The van der Waals surface area contributed by atoms with Crippen LogP contribution in [0.2, 0.25) is 0 Å². The van der Waals surface area contributed by atoms with Gasteiger partial charge in [0.1, 0.15) is 0 Å². The van der Waals surface area contributed by atoms with Gasteiger partial charge in [0.15, 0.2) is 5.67 Å². The molecule has 2 aromatic rings. The summed E-state index contributed by atoms with van der Waals surface area (Å²) in [6.45, 7) is 1.34. The Labute approximate surface area is 159 Å². The van der Waals surface area contributed by atoms with E-state index in [0.29, 0.717) is 0 Å². The highest BCUT2D eigenvalue weighted by Crippen LogP contribution is 2.70. The summed E-state index contributed by atoms with van der Waals surface area (Å²) >= 11 is 1.56. The molecule has 2 atom stereocenters. The Hall–Kier alpha value is -1.10. The van der Waals surface area contributed by atoms with E-state index in [-0.39, 0.29) is 19.5 Å². The Kier molecular flexibility index (Phi) is 4.74. The van der Waals surface area contributed by atoms with Crippen molar-refractivity contribution in [1.82, 2.24) is 0 Å². The van der Waals surface area contributed by atoms with Crippen LogP contribution in [0, 0.1) is 13.8 Å². The van der Waals surface area contributed by atoms with Crippen LogP contribution in [0.3, 0.4) is 0 Å². The molecule has 1 aliphatic rings. The lowest BCUT2D eigenvalue weighted by molar-refractivity contribution is -0.249. The Bertz CT molecular complexity index is 877. The van der Waals surface area contributed by atoms with Gasteiger partial charge in [-0.25, -0.2) is 8.78 Å². The highest BCUT2D eigenvalue weighted by molar-refractivity contribution is 7.12. The van der Waals surface area contributed by atoms with Crippen molar-refractivity contribution in [3.63, 3.8) is 0 Å². The molecule has 2 nitrogen and oxygen atoms in total. The average molecular weight is 430 g/mol. The highest BCUT2D eigenvalue weighted by atomic mass is 32.1. The van der Waals surface area contributed by atoms with Crippen molar-refractivity contribution in [3.05, 3.63) is 42.8 Å². The van der Waals surface area contributed by atoms with Gasteiger partial charge in [0.25, 0.3) is 0 Å². The van der Waals surface area contributed by atoms with E-state index in [1.165, 1.54) is 13.8 Å². The van der Waals surface area contributed by atoms with E-state index >= 15 is 8.78 Å². The second-order valence-corrected chi connectivity index (χ2v) is 9.28. The third kappa shape index (κ3) is 2.53. The van der Waals surface area contributed by atoms with E-state index in [1.807, 2.05) is 0 Å². The SMILES string of the molecule is Cc1sc(CO)cc1C1(F)CC(F)(F)C(F)(F)C1(F)c1cc(CO)sc1C. The highest BCUT2D eigenvalue weighted by Gasteiger charge is 2.87. The van der Waals surface area contributed by atoms with Crippen LogP contribution in [0.25, 0.3) is 0 Å². The molecule has 0 spiro atoms. The van der Waals surface area contributed by atoms with Crippen molar-refractivity contribution >= 4 is 22.7 Å². The van der Waals surface area contributed by atoms with Crippen LogP contribution in [0.15, 0.2) is 12.1 Å². The molecule has 2 heterocycles. The third-order valence-corrected chi connectivity index (χ3v) is 7.02. The van der Waals surface area contributed by atoms with E-state index in [2.05, 4.69) is 0 Å². The van der Waals surface area contributed by atoms with Gasteiger partial charge in [-0.2, -0.15) is 17.6 Å². The third-order valence-electron chi connectivity index (χ3n) is 4.95. The maximum Gasteiger partial charge on any atom is 0.351 e. The molecule has 0 amide bonds. The molecule has 10 heteroatoms. The molecular weight excluding hydrogens is 414 g/mol. The summed E-state index contributed by atoms with van der Waals surface area (Å²) in [4.78, 5) is 0.132. The van der Waals surface area contributed by atoms with Crippen LogP contribution >= 0.6 is 22.7 Å². The number of aliphatic hydroxyl groups excluding tert-OH is 2. The maximum absolute atomic E-state index is 16.0. The number of aryl methyl sites for hydroxylation is 2. The minimum atomic E-state index is -5.32. The van der Waals surface area contributed by atoms with Crippen molar-refractivity contribution in [1.29, 1.82) is 0 Å². The Morgan fingerprint density at radius 1 is 0.852 bits per heavy atom. The summed E-state index contributed by atoms with van der Waals surface area (Å²) < 4.78 is 89.8. The number of thiophene rings is 2. The van der Waals surface area contributed by atoms with Gasteiger partial charge < -0.3 is 10.2 Å². The molecule has 2 unspecified atom stereocenters. The molecular formula is C17H16F6O2S2. The van der Waals surface area contributed by atoms with Crippen molar-refractivity contribution in [3.8, 4) is 0 Å². The molecule has 1 saturated carbocycles. The molecule has 2 aromatic heterocycles. The minimum absolute atomic E-state index is 0.0346. The van der Waals surface area contributed by atoms with E-state index in [0.717, 1.165) is 34.8 Å². The van der Waals surface area contributed by atoms with Gasteiger partial charge in [0, 0.05) is 30.6 Å². The first-order chi connectivity index (χ1) is 12.4. The summed E-state index contributed by atoms with van der Waals surface area (Å²) in [6, 6.07) is 1.78. The van der Waals surface area contributed by atoms with Crippen LogP contribution in [0.5, 0.6) is 0 Å². The molecule has 3 rings (SSSR count). The van der Waals surface area contributed by atoms with Crippen molar-refractivity contribution in [2.45, 2.75) is 56.7 Å². The first-order valence-corrected chi connectivity index (χ1v) is 9.53. The van der Waals surface area contributed by atoms with Gasteiger partial charge in [-0.15, -0.1) is 22.7 Å². The first kappa shape index (κ1) is 20.6. The lowest BCUT2D eigenvalue weighted by Crippen LogP contribution is -2.52. The zero-order chi connectivity index (χ0) is 20.4. The quantitative estimate of drug-likeness (QED) is 0.662. The Morgan fingerprint density at radius 3 is 1.74 bits per heavy atom. The fourth-order valence-electron chi connectivity index (χ4n) is 3.68. The van der Waals surface area contributed by atoms with E-state index in [1.54, 1.807) is 0 Å². The predicted molar refractivity (Wildman–Crippen MR) is 90.0 cm³/mol. The molecule has 0 aromatic carbocycles. The lowest BCUT2D eigenvalue weighted by atomic mass is 9.77. The summed E-state index contributed by atoms with van der Waals surface area (Å²) in [5, 5.41) is 18.4. The minimum Gasteiger partial charge on any atom is -0.391 e. The van der Waals surface area contributed by atoms with Crippen LogP contribution in [-0.4, -0.2) is 22.1 Å². The molecule has 150 valence electrons. The molecule has 1 fully saturated rings. The number of hydrogen-bond donors (Lipinski definition) is 2. The zero-order valence-electron chi connectivity index (χ0n) is 14.3. The van der Waals surface area contributed by atoms with Gasteiger partial charge >= 0.3 is 11.8 Å². The average Bonchev–Trinajstić information content (AvgIpc) is 3.18. The van der Waals surface area contributed by atoms with E-state index < -0.39 is 53.9 Å². The normalized spacial score (nSPS) is 29.4. The number of rotatable bonds is 4. The largest absolute Gasteiger partial charge is 0.391 e. The Balaban J connectivity index is 2.34. The van der Waals surface area contributed by atoms with Crippen LogP contribution in [-0.2, 0) is 24.6 Å². The number of hydrogen-bond acceptors (Lipinski definition) is 4. The molecule has 0 bridgehead atoms. The second kappa shape index (κ2) is 6.20. The van der Waals surface area contributed by atoms with Crippen LogP contribution < -0.4 is 0 Å². The number of halogens is 6. The standard InChI is InChI=1S/C17H16F6O2S2/c1-8-12(3-10(5-24)26-8)14(18)7-15(19,20)17(22,23)16(14,21)13-4-11(6-25)27-9(13)2/h3-4,24-25H,5-7H2,1-2H3. The molecule has 0 radical (unpaired) electrons. The van der Waals surface area contributed by atoms with Crippen molar-refractivity contribution in [2.75, 3.05) is 0 Å². The topological polar surface area (TPSA) is 40.5 Å². The summed E-state index contributed by atoms with van der Waals surface area (Å²) in [6.07, 6.45) is -2.03. The smallest absolute Gasteiger partial charge is 0.351 e. The van der Waals surface area contributed by atoms with Gasteiger partial charge in [0.05, 0.1) is 19.6 Å². The number of alkyl halides is 6. The van der Waals surface area contributed by atoms with Gasteiger partial charge in [-0.05, 0) is 26.0 Å². The zero-order valence-corrected chi connectivity index (χ0v) is 15.9. The van der Waals surface area contributed by atoms with Gasteiger partial charge in [-0.1, -0.05) is 0 Å². The predicted octanol–water partition coefficient (Wildman–Crippen LogP) is 5.12. The van der Waals surface area contributed by atoms with Crippen LogP contribution in [0.4, 0.5) is 26.3 Å². The molecule has 0 saturated heterocycles. The Morgan fingerprint density at radius 2 is 1.30 bits per heavy atom. The first-order valence-electron chi connectivity index (χ1n) is 7.90. The van der Waals surface area contributed by atoms with Crippen LogP contribution in [0.1, 0.15) is 37.1 Å². The number of aliphatic hydroxyl groups is 2. The molecule has 0 aliphatic heterocycles. The summed E-state index contributed by atoms with van der Waals surface area (Å²) in [7, 11) is 0. The lowest BCUT2D eigenvalue weighted by Gasteiger charge is -2.36.